The third-order valence-electron chi connectivity index (χ3n) is 6.11. The predicted molar refractivity (Wildman–Crippen MR) is 132 cm³/mol. The number of ether oxygens (including phenoxy) is 2. The van der Waals surface area contributed by atoms with E-state index in [1.165, 1.54) is 11.2 Å². The van der Waals surface area contributed by atoms with Crippen LogP contribution >= 0.6 is 0 Å². The van der Waals surface area contributed by atoms with Crippen LogP contribution in [0.3, 0.4) is 0 Å². The number of carbonyl (C=O) groups excluding carboxylic acids is 2. The van der Waals surface area contributed by atoms with Gasteiger partial charge in [-0.3, -0.25) is 14.5 Å². The first kappa shape index (κ1) is 21.5. The smallest absolute Gasteiger partial charge is 0.300 e. The van der Waals surface area contributed by atoms with E-state index in [1.54, 1.807) is 42.5 Å². The molecule has 0 saturated carbocycles. The molecule has 178 valence electrons. The molecule has 0 radical (unpaired) electrons. The van der Waals surface area contributed by atoms with Crippen molar-refractivity contribution in [1.82, 2.24) is 0 Å². The Morgan fingerprint density at radius 2 is 1.61 bits per heavy atom. The number of rotatable bonds is 5. The summed E-state index contributed by atoms with van der Waals surface area (Å²) in [4.78, 5) is 27.8. The highest BCUT2D eigenvalue weighted by atomic mass is 16.7. The second-order valence-corrected chi connectivity index (χ2v) is 8.29. The molecule has 0 spiro atoms. The first-order valence-electron chi connectivity index (χ1n) is 11.3. The Balaban J connectivity index is 1.40. The number of aliphatic hydroxyl groups excluding tert-OH is 1. The van der Waals surface area contributed by atoms with Gasteiger partial charge in [0.25, 0.3) is 11.7 Å². The molecule has 4 aromatic rings. The summed E-state index contributed by atoms with van der Waals surface area (Å²) >= 11 is 0. The van der Waals surface area contributed by atoms with E-state index < -0.39 is 17.7 Å². The summed E-state index contributed by atoms with van der Waals surface area (Å²) in [6.07, 6.45) is 1.46. The molecule has 1 amide bonds. The summed E-state index contributed by atoms with van der Waals surface area (Å²) in [5.74, 6) is -0.551. The fraction of sp³-hybridized carbons (Fsp3) is 0.0714. The number of Topliss-reactive ketones (excluding diaryl/α,β-unsaturated/α-hetero) is 1. The molecule has 1 saturated heterocycles. The lowest BCUT2D eigenvalue weighted by molar-refractivity contribution is -0.132. The molecule has 8 nitrogen and oxygen atoms in total. The average molecular weight is 480 g/mol. The second kappa shape index (κ2) is 8.66. The van der Waals surface area contributed by atoms with Crippen molar-refractivity contribution in [3.63, 3.8) is 0 Å². The van der Waals surface area contributed by atoms with Crippen LogP contribution in [0.4, 0.5) is 17.1 Å². The number of benzene rings is 3. The minimum atomic E-state index is -0.946. The molecule has 0 aliphatic carbocycles. The molecule has 2 N–H and O–H groups in total. The van der Waals surface area contributed by atoms with Gasteiger partial charge >= 0.3 is 0 Å². The number of nitrogens with one attached hydrogen (secondary N) is 1. The minimum absolute atomic E-state index is 0.0692. The molecule has 2 aliphatic heterocycles. The molecule has 2 aliphatic rings. The molecule has 6 rings (SSSR count). The number of amides is 1. The van der Waals surface area contributed by atoms with E-state index in [4.69, 9.17) is 13.9 Å². The van der Waals surface area contributed by atoms with Gasteiger partial charge in [0.05, 0.1) is 11.8 Å². The topological polar surface area (TPSA) is 101 Å². The normalized spacial score (nSPS) is 18.0. The summed E-state index contributed by atoms with van der Waals surface area (Å²) in [7, 11) is 0. The summed E-state index contributed by atoms with van der Waals surface area (Å²) in [5.41, 5.74) is 2.49. The first-order chi connectivity index (χ1) is 17.6. The molecule has 1 unspecified atom stereocenters. The van der Waals surface area contributed by atoms with E-state index in [0.717, 1.165) is 11.4 Å². The highest BCUT2D eigenvalue weighted by Gasteiger charge is 2.48. The van der Waals surface area contributed by atoms with Crippen LogP contribution in [0.5, 0.6) is 11.5 Å². The maximum absolute atomic E-state index is 13.2. The van der Waals surface area contributed by atoms with Crippen LogP contribution in [-0.4, -0.2) is 23.6 Å². The fourth-order valence-corrected chi connectivity index (χ4v) is 4.41. The Morgan fingerprint density at radius 1 is 0.861 bits per heavy atom. The zero-order chi connectivity index (χ0) is 24.6. The van der Waals surface area contributed by atoms with Gasteiger partial charge in [0, 0.05) is 22.6 Å². The summed E-state index contributed by atoms with van der Waals surface area (Å²) in [5, 5.41) is 14.5. The van der Waals surface area contributed by atoms with Crippen molar-refractivity contribution in [3.8, 4) is 11.5 Å². The maximum Gasteiger partial charge on any atom is 0.300 e. The molecular weight excluding hydrogens is 460 g/mol. The number of para-hydroxylation sites is 1. The number of anilines is 3. The van der Waals surface area contributed by atoms with Gasteiger partial charge in [-0.1, -0.05) is 18.2 Å². The van der Waals surface area contributed by atoms with Crippen LogP contribution in [0.2, 0.25) is 0 Å². The molecule has 3 aromatic carbocycles. The van der Waals surface area contributed by atoms with Crippen LogP contribution in [-0.2, 0) is 9.59 Å². The van der Waals surface area contributed by atoms with E-state index in [1.807, 2.05) is 42.5 Å². The zero-order valence-electron chi connectivity index (χ0n) is 18.9. The third kappa shape index (κ3) is 3.65. The Bertz CT molecular complexity index is 1480. The van der Waals surface area contributed by atoms with E-state index in [-0.39, 0.29) is 18.1 Å². The molecule has 8 heteroatoms. The first-order valence-corrected chi connectivity index (χ1v) is 11.3. The van der Waals surface area contributed by atoms with Gasteiger partial charge in [-0.05, 0) is 66.7 Å². The quantitative estimate of drug-likeness (QED) is 0.225. The SMILES string of the molecule is O=C1C(=O)N(c2ccc(Nc3ccccc3)cc2)C(c2ccco2)/C1=C(/O)c1ccc2c(c1)OCO2. The summed E-state index contributed by atoms with van der Waals surface area (Å²) in [6, 6.07) is 24.0. The molecule has 1 atom stereocenters. The van der Waals surface area contributed by atoms with Gasteiger partial charge in [-0.25, -0.2) is 0 Å². The van der Waals surface area contributed by atoms with Crippen molar-refractivity contribution < 1.29 is 28.6 Å². The number of hydrogen-bond donors (Lipinski definition) is 2. The van der Waals surface area contributed by atoms with Crippen molar-refractivity contribution >= 4 is 34.5 Å². The number of carbonyl (C=O) groups is 2. The Kier molecular flexibility index (Phi) is 5.19. The lowest BCUT2D eigenvalue weighted by atomic mass is 9.99. The van der Waals surface area contributed by atoms with Crippen molar-refractivity contribution in [3.05, 3.63) is 108 Å². The van der Waals surface area contributed by atoms with Crippen molar-refractivity contribution in [2.75, 3.05) is 17.0 Å². The molecule has 1 fully saturated rings. The Hall–Kier alpha value is -4.98. The van der Waals surface area contributed by atoms with Crippen LogP contribution in [0, 0.1) is 0 Å². The van der Waals surface area contributed by atoms with Crippen LogP contribution in [0.15, 0.2) is 101 Å². The lowest BCUT2D eigenvalue weighted by Crippen LogP contribution is -2.29. The minimum Gasteiger partial charge on any atom is -0.507 e. The number of hydrogen-bond acceptors (Lipinski definition) is 7. The molecule has 0 bridgehead atoms. The van der Waals surface area contributed by atoms with Gasteiger partial charge < -0.3 is 24.3 Å². The monoisotopic (exact) mass is 480 g/mol. The number of fused-ring (bicyclic) bond motifs is 1. The average Bonchev–Trinajstić information content (AvgIpc) is 3.65. The van der Waals surface area contributed by atoms with E-state index in [2.05, 4.69) is 5.32 Å². The Labute approximate surface area is 206 Å². The van der Waals surface area contributed by atoms with Gasteiger partial charge in [-0.15, -0.1) is 0 Å². The fourth-order valence-electron chi connectivity index (χ4n) is 4.41. The maximum atomic E-state index is 13.2. The highest BCUT2D eigenvalue weighted by Crippen LogP contribution is 2.43. The van der Waals surface area contributed by atoms with E-state index >= 15 is 0 Å². The second-order valence-electron chi connectivity index (χ2n) is 8.29. The number of nitrogens with zero attached hydrogens (tertiary/aromatic N) is 1. The molecule has 1 aromatic heterocycles. The molecular formula is C28H20N2O6. The van der Waals surface area contributed by atoms with Crippen molar-refractivity contribution in [2.45, 2.75) is 6.04 Å². The molecule has 36 heavy (non-hydrogen) atoms. The largest absolute Gasteiger partial charge is 0.507 e. The van der Waals surface area contributed by atoms with Crippen LogP contribution in [0.1, 0.15) is 17.4 Å². The highest BCUT2D eigenvalue weighted by molar-refractivity contribution is 6.51. The zero-order valence-corrected chi connectivity index (χ0v) is 18.9. The van der Waals surface area contributed by atoms with Gasteiger partial charge in [-0.2, -0.15) is 0 Å². The van der Waals surface area contributed by atoms with Crippen molar-refractivity contribution in [2.24, 2.45) is 0 Å². The van der Waals surface area contributed by atoms with E-state index in [9.17, 15) is 14.7 Å². The van der Waals surface area contributed by atoms with Crippen LogP contribution < -0.4 is 19.7 Å². The Morgan fingerprint density at radius 3 is 2.36 bits per heavy atom. The summed E-state index contributed by atoms with van der Waals surface area (Å²) in [6.45, 7) is 0.0749. The summed E-state index contributed by atoms with van der Waals surface area (Å²) < 4.78 is 16.3. The number of ketones is 1. The van der Waals surface area contributed by atoms with Gasteiger partial charge in [0.1, 0.15) is 17.6 Å². The lowest BCUT2D eigenvalue weighted by Gasteiger charge is -2.23. The standard InChI is InChI=1S/C28H20N2O6/c31-26(17-8-13-21-23(15-17)36-16-35-21)24-25(22-7-4-14-34-22)30(28(33)27(24)32)20-11-9-19(10-12-20)29-18-5-2-1-3-6-18/h1-15,25,29,31H,16H2/b26-24-. The van der Waals surface area contributed by atoms with Gasteiger partial charge in [0.2, 0.25) is 6.79 Å². The van der Waals surface area contributed by atoms with Crippen LogP contribution in [0.25, 0.3) is 5.76 Å². The van der Waals surface area contributed by atoms with E-state index in [0.29, 0.717) is 28.5 Å². The van der Waals surface area contributed by atoms with Crippen molar-refractivity contribution in [1.29, 1.82) is 0 Å². The van der Waals surface area contributed by atoms with Gasteiger partial charge in [0.15, 0.2) is 11.5 Å². The predicted octanol–water partition coefficient (Wildman–Crippen LogP) is 5.38. The third-order valence-corrected chi connectivity index (χ3v) is 6.11. The number of furan rings is 1. The molecule has 3 heterocycles. The number of aliphatic hydroxyl groups is 1.